The third-order valence-corrected chi connectivity index (χ3v) is 4.02. The largest absolute Gasteiger partial charge is 0.480 e. The van der Waals surface area contributed by atoms with Crippen molar-refractivity contribution >= 4 is 12.0 Å². The average Bonchev–Trinajstić information content (AvgIpc) is 2.85. The molecule has 2 rings (SSSR count). The molecule has 1 aliphatic carbocycles. The van der Waals surface area contributed by atoms with Gasteiger partial charge in [-0.2, -0.15) is 0 Å². The molecule has 0 bridgehead atoms. The fraction of sp³-hybridized carbons (Fsp3) is 0.643. The lowest BCUT2D eigenvalue weighted by atomic mass is 9.82. The number of aryl methyl sites for hydroxylation is 1. The highest BCUT2D eigenvalue weighted by Gasteiger charge is 2.40. The number of hydrogen-bond acceptors (Lipinski definition) is 3. The number of carbonyl (C=O) groups excluding carboxylic acids is 1. The molecule has 1 heterocycles. The summed E-state index contributed by atoms with van der Waals surface area (Å²) in [6.07, 6.45) is 7.84. The van der Waals surface area contributed by atoms with E-state index in [1.54, 1.807) is 6.20 Å². The molecule has 7 heteroatoms. The van der Waals surface area contributed by atoms with E-state index in [0.717, 1.165) is 25.1 Å². The second-order valence-corrected chi connectivity index (χ2v) is 5.53. The Morgan fingerprint density at radius 2 is 2.10 bits per heavy atom. The van der Waals surface area contributed by atoms with Crippen LogP contribution in [0.5, 0.6) is 0 Å². The molecule has 1 fully saturated rings. The molecule has 116 valence electrons. The molecular weight excluding hydrogens is 272 g/mol. The maximum Gasteiger partial charge on any atom is 0.329 e. The van der Waals surface area contributed by atoms with Crippen LogP contribution in [0, 0.1) is 0 Å². The van der Waals surface area contributed by atoms with Gasteiger partial charge in [-0.3, -0.25) is 0 Å². The average molecular weight is 294 g/mol. The van der Waals surface area contributed by atoms with Crippen LogP contribution in [0.1, 0.15) is 37.9 Å². The molecule has 1 aliphatic rings. The lowest BCUT2D eigenvalue weighted by molar-refractivity contribution is -0.145. The van der Waals surface area contributed by atoms with E-state index in [0.29, 0.717) is 25.8 Å². The Morgan fingerprint density at radius 1 is 1.38 bits per heavy atom. The van der Waals surface area contributed by atoms with Crippen LogP contribution in [0.25, 0.3) is 0 Å². The van der Waals surface area contributed by atoms with E-state index >= 15 is 0 Å². The molecule has 0 aromatic carbocycles. The Morgan fingerprint density at radius 3 is 2.67 bits per heavy atom. The molecule has 21 heavy (non-hydrogen) atoms. The zero-order valence-electron chi connectivity index (χ0n) is 12.3. The zero-order chi connectivity index (χ0) is 15.3. The molecule has 0 saturated heterocycles. The number of aromatic nitrogens is 2. The van der Waals surface area contributed by atoms with Gasteiger partial charge in [0, 0.05) is 32.4 Å². The number of nitrogens with zero attached hydrogens (tertiary/aromatic N) is 2. The molecule has 0 atom stereocenters. The lowest BCUT2D eigenvalue weighted by Crippen LogP contribution is -2.58. The second-order valence-electron chi connectivity index (χ2n) is 5.53. The summed E-state index contributed by atoms with van der Waals surface area (Å²) in [5, 5.41) is 14.8. The zero-order valence-corrected chi connectivity index (χ0v) is 12.3. The minimum atomic E-state index is -1.11. The first-order valence-electron chi connectivity index (χ1n) is 7.29. The molecule has 7 nitrogen and oxygen atoms in total. The highest BCUT2D eigenvalue weighted by molar-refractivity contribution is 5.86. The summed E-state index contributed by atoms with van der Waals surface area (Å²) in [5.74, 6) is -0.0673. The van der Waals surface area contributed by atoms with Crippen LogP contribution >= 0.6 is 0 Å². The van der Waals surface area contributed by atoms with Crippen LogP contribution in [-0.2, 0) is 18.3 Å². The Bertz CT molecular complexity index is 506. The topological polar surface area (TPSA) is 96.3 Å². The fourth-order valence-corrected chi connectivity index (χ4v) is 2.73. The van der Waals surface area contributed by atoms with Crippen LogP contribution in [-0.4, -0.2) is 38.7 Å². The van der Waals surface area contributed by atoms with Crippen molar-refractivity contribution in [1.82, 2.24) is 20.2 Å². The van der Waals surface area contributed by atoms with E-state index in [9.17, 15) is 14.7 Å². The molecule has 1 aromatic heterocycles. The molecule has 0 unspecified atom stereocenters. The van der Waals surface area contributed by atoms with Gasteiger partial charge in [-0.15, -0.1) is 0 Å². The van der Waals surface area contributed by atoms with Gasteiger partial charge in [0.15, 0.2) is 0 Å². The molecule has 3 N–H and O–H groups in total. The summed E-state index contributed by atoms with van der Waals surface area (Å²) < 4.78 is 1.89. The first-order chi connectivity index (χ1) is 10.0. The molecule has 0 radical (unpaired) electrons. The van der Waals surface area contributed by atoms with Crippen molar-refractivity contribution in [2.75, 3.05) is 6.54 Å². The SMILES string of the molecule is Cn1ccnc1CCNC(=O)NC1(C(=O)O)CCCCC1. The number of urea groups is 1. The van der Waals surface area contributed by atoms with Gasteiger partial charge in [0.1, 0.15) is 11.4 Å². The minimum Gasteiger partial charge on any atom is -0.480 e. The van der Waals surface area contributed by atoms with E-state index < -0.39 is 17.5 Å². The van der Waals surface area contributed by atoms with Crippen LogP contribution in [0.2, 0.25) is 0 Å². The van der Waals surface area contributed by atoms with Gasteiger partial charge in [-0.25, -0.2) is 14.6 Å². The van der Waals surface area contributed by atoms with Crippen molar-refractivity contribution in [3.05, 3.63) is 18.2 Å². The highest BCUT2D eigenvalue weighted by Crippen LogP contribution is 2.28. The molecule has 2 amide bonds. The van der Waals surface area contributed by atoms with Gasteiger partial charge in [0.2, 0.25) is 0 Å². The van der Waals surface area contributed by atoms with Crippen LogP contribution in [0.3, 0.4) is 0 Å². The van der Waals surface area contributed by atoms with Crippen LogP contribution in [0.4, 0.5) is 4.79 Å². The highest BCUT2D eigenvalue weighted by atomic mass is 16.4. The van der Waals surface area contributed by atoms with E-state index in [1.165, 1.54) is 0 Å². The third-order valence-electron chi connectivity index (χ3n) is 4.02. The van der Waals surface area contributed by atoms with Crippen LogP contribution in [0.15, 0.2) is 12.4 Å². The number of hydrogen-bond donors (Lipinski definition) is 3. The molecule has 0 aliphatic heterocycles. The normalized spacial score (nSPS) is 17.2. The summed E-state index contributed by atoms with van der Waals surface area (Å²) in [5.41, 5.74) is -1.11. The van der Waals surface area contributed by atoms with Gasteiger partial charge >= 0.3 is 12.0 Å². The van der Waals surface area contributed by atoms with Crippen molar-refractivity contribution in [2.24, 2.45) is 7.05 Å². The smallest absolute Gasteiger partial charge is 0.329 e. The minimum absolute atomic E-state index is 0.423. The number of carbonyl (C=O) groups is 2. The predicted molar refractivity (Wildman–Crippen MR) is 76.9 cm³/mol. The molecular formula is C14H22N4O3. The lowest BCUT2D eigenvalue weighted by Gasteiger charge is -2.33. The number of nitrogens with one attached hydrogen (secondary N) is 2. The Labute approximate surface area is 123 Å². The molecule has 1 aromatic rings. The number of amides is 2. The summed E-state index contributed by atoms with van der Waals surface area (Å²) >= 11 is 0. The number of imidazole rings is 1. The van der Waals surface area contributed by atoms with Gasteiger partial charge in [-0.1, -0.05) is 19.3 Å². The van der Waals surface area contributed by atoms with Gasteiger partial charge in [0.05, 0.1) is 0 Å². The van der Waals surface area contributed by atoms with Crippen molar-refractivity contribution in [3.63, 3.8) is 0 Å². The van der Waals surface area contributed by atoms with Gasteiger partial charge < -0.3 is 20.3 Å². The molecule has 0 spiro atoms. The quantitative estimate of drug-likeness (QED) is 0.756. The van der Waals surface area contributed by atoms with Crippen molar-refractivity contribution in [3.8, 4) is 0 Å². The third kappa shape index (κ3) is 3.74. The summed E-state index contributed by atoms with van der Waals surface area (Å²) in [6, 6.07) is -0.423. The second kappa shape index (κ2) is 6.60. The summed E-state index contributed by atoms with van der Waals surface area (Å²) in [6.45, 7) is 0.423. The van der Waals surface area contributed by atoms with Crippen molar-refractivity contribution < 1.29 is 14.7 Å². The predicted octanol–water partition coefficient (Wildman–Crippen LogP) is 1.05. The maximum absolute atomic E-state index is 11.9. The standard InChI is InChI=1S/C14H22N4O3/c1-18-10-9-15-11(18)5-8-16-13(21)17-14(12(19)20)6-3-2-4-7-14/h9-10H,2-8H2,1H3,(H,19,20)(H2,16,17,21). The van der Waals surface area contributed by atoms with Crippen molar-refractivity contribution in [1.29, 1.82) is 0 Å². The van der Waals surface area contributed by atoms with E-state index in [1.807, 2.05) is 17.8 Å². The monoisotopic (exact) mass is 294 g/mol. The number of aliphatic carboxylic acids is 1. The Hall–Kier alpha value is -2.05. The number of carboxylic acid groups (broad SMARTS) is 1. The summed E-state index contributed by atoms with van der Waals surface area (Å²) in [7, 11) is 1.89. The van der Waals surface area contributed by atoms with Gasteiger partial charge in [0.25, 0.3) is 0 Å². The first kappa shape index (κ1) is 15.3. The Kier molecular flexibility index (Phi) is 4.82. The molecule has 1 saturated carbocycles. The number of carboxylic acids is 1. The Balaban J connectivity index is 1.82. The van der Waals surface area contributed by atoms with Crippen LogP contribution < -0.4 is 10.6 Å². The maximum atomic E-state index is 11.9. The van der Waals surface area contributed by atoms with E-state index in [4.69, 9.17) is 0 Å². The summed E-state index contributed by atoms with van der Waals surface area (Å²) in [4.78, 5) is 27.6. The number of rotatable bonds is 5. The van der Waals surface area contributed by atoms with E-state index in [-0.39, 0.29) is 0 Å². The van der Waals surface area contributed by atoms with Gasteiger partial charge in [-0.05, 0) is 12.8 Å². The van der Waals surface area contributed by atoms with Crippen molar-refractivity contribution in [2.45, 2.75) is 44.1 Å². The van der Waals surface area contributed by atoms with E-state index in [2.05, 4.69) is 15.6 Å². The fourth-order valence-electron chi connectivity index (χ4n) is 2.73. The first-order valence-corrected chi connectivity index (χ1v) is 7.29.